The highest BCUT2D eigenvalue weighted by atomic mass is 16.2. The molecule has 6 nitrogen and oxygen atoms in total. The van der Waals surface area contributed by atoms with Gasteiger partial charge in [-0.25, -0.2) is 14.8 Å². The molecular weight excluding hydrogens is 338 g/mol. The average molecular weight is 367 g/mol. The molecule has 0 radical (unpaired) electrons. The zero-order valence-electron chi connectivity index (χ0n) is 16.3. The Bertz CT molecular complexity index is 740. The summed E-state index contributed by atoms with van der Waals surface area (Å²) in [5.74, 6) is 0.699. The molecule has 0 spiro atoms. The molecule has 1 aromatic heterocycles. The minimum atomic E-state index is -0.0431. The first kappa shape index (κ1) is 19.3. The van der Waals surface area contributed by atoms with Crippen molar-refractivity contribution in [3.8, 4) is 11.4 Å². The van der Waals surface area contributed by atoms with E-state index in [0.717, 1.165) is 36.5 Å². The Morgan fingerprint density at radius 1 is 1.19 bits per heavy atom. The number of amides is 2. The van der Waals surface area contributed by atoms with E-state index in [4.69, 9.17) is 0 Å². The fourth-order valence-electron chi connectivity index (χ4n) is 3.39. The lowest BCUT2D eigenvalue weighted by Gasteiger charge is -2.23. The number of aryl methyl sites for hydroxylation is 1. The quantitative estimate of drug-likeness (QED) is 0.809. The van der Waals surface area contributed by atoms with Crippen LogP contribution in [0.25, 0.3) is 11.4 Å². The van der Waals surface area contributed by atoms with Gasteiger partial charge in [-0.3, -0.25) is 0 Å². The number of carbonyl (C=O) groups excluding carboxylic acids is 1. The zero-order valence-corrected chi connectivity index (χ0v) is 16.3. The Kier molecular flexibility index (Phi) is 6.76. The summed E-state index contributed by atoms with van der Waals surface area (Å²) < 4.78 is 0. The molecule has 2 heterocycles. The van der Waals surface area contributed by atoms with Gasteiger partial charge in [0, 0.05) is 36.2 Å². The second-order valence-electron chi connectivity index (χ2n) is 7.01. The molecule has 0 atom stereocenters. The van der Waals surface area contributed by atoms with E-state index in [9.17, 15) is 4.79 Å². The molecule has 0 unspecified atom stereocenters. The summed E-state index contributed by atoms with van der Waals surface area (Å²) >= 11 is 0. The van der Waals surface area contributed by atoms with Crippen molar-refractivity contribution in [2.75, 3.05) is 38.0 Å². The zero-order chi connectivity index (χ0) is 19.1. The summed E-state index contributed by atoms with van der Waals surface area (Å²) in [6.07, 6.45) is 5.39. The van der Waals surface area contributed by atoms with Crippen LogP contribution in [0.1, 0.15) is 31.9 Å². The van der Waals surface area contributed by atoms with Gasteiger partial charge in [0.15, 0.2) is 5.82 Å². The lowest BCUT2D eigenvalue weighted by Crippen LogP contribution is -2.37. The molecule has 1 fully saturated rings. The fraction of sp³-hybridized carbons (Fsp3) is 0.476. The highest BCUT2D eigenvalue weighted by Crippen LogP contribution is 2.18. The van der Waals surface area contributed by atoms with Crippen LogP contribution in [-0.4, -0.2) is 58.5 Å². The largest absolute Gasteiger partial charge is 0.325 e. The van der Waals surface area contributed by atoms with Crippen LogP contribution in [0, 0.1) is 6.92 Å². The summed E-state index contributed by atoms with van der Waals surface area (Å²) in [6.45, 7) is 8.95. The third-order valence-electron chi connectivity index (χ3n) is 4.96. The van der Waals surface area contributed by atoms with Crippen molar-refractivity contribution in [1.82, 2.24) is 19.8 Å². The van der Waals surface area contributed by atoms with E-state index in [2.05, 4.69) is 20.2 Å². The van der Waals surface area contributed by atoms with Gasteiger partial charge in [-0.15, -0.1) is 0 Å². The molecule has 144 valence electrons. The SMILES string of the molecule is CCN(CCCN1CCCC1)C(=O)Nc1ccc(-c2nccc(C)n2)cc1. The number of carbonyl (C=O) groups is 1. The maximum absolute atomic E-state index is 12.5. The monoisotopic (exact) mass is 367 g/mol. The number of hydrogen-bond donors (Lipinski definition) is 1. The molecule has 1 N–H and O–H groups in total. The van der Waals surface area contributed by atoms with Crippen molar-refractivity contribution in [1.29, 1.82) is 0 Å². The van der Waals surface area contributed by atoms with Crippen molar-refractivity contribution >= 4 is 11.7 Å². The lowest BCUT2D eigenvalue weighted by atomic mass is 10.2. The van der Waals surface area contributed by atoms with Crippen LogP contribution in [-0.2, 0) is 0 Å². The van der Waals surface area contributed by atoms with Crippen LogP contribution in [0.5, 0.6) is 0 Å². The fourth-order valence-corrected chi connectivity index (χ4v) is 3.39. The summed E-state index contributed by atoms with van der Waals surface area (Å²) in [5, 5.41) is 2.99. The Morgan fingerprint density at radius 3 is 2.59 bits per heavy atom. The lowest BCUT2D eigenvalue weighted by molar-refractivity contribution is 0.210. The second-order valence-corrected chi connectivity index (χ2v) is 7.01. The molecule has 1 aliphatic rings. The normalized spacial score (nSPS) is 14.3. The van der Waals surface area contributed by atoms with Gasteiger partial charge in [0.1, 0.15) is 0 Å². The third kappa shape index (κ3) is 5.50. The molecule has 1 aliphatic heterocycles. The highest BCUT2D eigenvalue weighted by Gasteiger charge is 2.14. The molecular formula is C21H29N5O. The first-order valence-corrected chi connectivity index (χ1v) is 9.84. The number of nitrogens with zero attached hydrogens (tertiary/aromatic N) is 4. The molecule has 3 rings (SSSR count). The Balaban J connectivity index is 1.52. The van der Waals surface area contributed by atoms with E-state index in [-0.39, 0.29) is 6.03 Å². The van der Waals surface area contributed by atoms with Crippen LogP contribution in [0.15, 0.2) is 36.5 Å². The van der Waals surface area contributed by atoms with E-state index in [1.54, 1.807) is 6.20 Å². The van der Waals surface area contributed by atoms with Gasteiger partial charge in [-0.1, -0.05) is 0 Å². The van der Waals surface area contributed by atoms with Crippen molar-refractivity contribution in [2.45, 2.75) is 33.1 Å². The number of aromatic nitrogens is 2. The number of benzene rings is 1. The molecule has 2 amide bonds. The van der Waals surface area contributed by atoms with Crippen molar-refractivity contribution in [3.05, 3.63) is 42.2 Å². The summed E-state index contributed by atoms with van der Waals surface area (Å²) in [4.78, 5) is 25.6. The number of anilines is 1. The predicted octanol–water partition coefficient (Wildman–Crippen LogP) is 3.79. The number of urea groups is 1. The molecule has 27 heavy (non-hydrogen) atoms. The number of hydrogen-bond acceptors (Lipinski definition) is 4. The predicted molar refractivity (Wildman–Crippen MR) is 109 cm³/mol. The van der Waals surface area contributed by atoms with Crippen LogP contribution in [0.4, 0.5) is 10.5 Å². The van der Waals surface area contributed by atoms with Gasteiger partial charge in [-0.2, -0.15) is 0 Å². The van der Waals surface area contributed by atoms with Gasteiger partial charge in [0.05, 0.1) is 0 Å². The topological polar surface area (TPSA) is 61.4 Å². The summed E-state index contributed by atoms with van der Waals surface area (Å²) in [5.41, 5.74) is 2.66. The van der Waals surface area contributed by atoms with Crippen molar-refractivity contribution < 1.29 is 4.79 Å². The van der Waals surface area contributed by atoms with E-state index in [1.165, 1.54) is 25.9 Å². The maximum Gasteiger partial charge on any atom is 0.321 e. The van der Waals surface area contributed by atoms with Crippen molar-refractivity contribution in [3.63, 3.8) is 0 Å². The van der Waals surface area contributed by atoms with E-state index in [0.29, 0.717) is 12.4 Å². The molecule has 0 bridgehead atoms. The van der Waals surface area contributed by atoms with Gasteiger partial charge in [-0.05, 0) is 83.1 Å². The van der Waals surface area contributed by atoms with Crippen molar-refractivity contribution in [2.24, 2.45) is 0 Å². The van der Waals surface area contributed by atoms with Gasteiger partial charge in [0.25, 0.3) is 0 Å². The maximum atomic E-state index is 12.5. The first-order valence-electron chi connectivity index (χ1n) is 9.84. The summed E-state index contributed by atoms with van der Waals surface area (Å²) in [6, 6.07) is 9.51. The van der Waals surface area contributed by atoms with E-state index in [1.807, 2.05) is 49.1 Å². The Hall–Kier alpha value is -2.47. The van der Waals surface area contributed by atoms with Gasteiger partial charge >= 0.3 is 6.03 Å². The minimum absolute atomic E-state index is 0.0431. The Labute approximate surface area is 161 Å². The molecule has 2 aromatic rings. The van der Waals surface area contributed by atoms with Crippen LogP contribution in [0.2, 0.25) is 0 Å². The molecule has 1 aromatic carbocycles. The van der Waals surface area contributed by atoms with Crippen LogP contribution >= 0.6 is 0 Å². The minimum Gasteiger partial charge on any atom is -0.325 e. The molecule has 0 saturated carbocycles. The highest BCUT2D eigenvalue weighted by molar-refractivity contribution is 5.89. The van der Waals surface area contributed by atoms with Gasteiger partial charge in [0.2, 0.25) is 0 Å². The van der Waals surface area contributed by atoms with Crippen LogP contribution in [0.3, 0.4) is 0 Å². The van der Waals surface area contributed by atoms with Crippen LogP contribution < -0.4 is 5.32 Å². The van der Waals surface area contributed by atoms with E-state index < -0.39 is 0 Å². The summed E-state index contributed by atoms with van der Waals surface area (Å²) in [7, 11) is 0. The standard InChI is InChI=1S/C21H29N5O/c1-3-26(16-6-15-25-13-4-5-14-25)21(27)24-19-9-7-18(8-10-19)20-22-12-11-17(2)23-20/h7-12H,3-6,13-16H2,1-2H3,(H,24,27). The Morgan fingerprint density at radius 2 is 1.93 bits per heavy atom. The number of rotatable bonds is 7. The van der Waals surface area contributed by atoms with E-state index >= 15 is 0 Å². The second kappa shape index (κ2) is 9.46. The number of nitrogens with one attached hydrogen (secondary N) is 1. The van der Waals surface area contributed by atoms with Gasteiger partial charge < -0.3 is 15.1 Å². The molecule has 0 aliphatic carbocycles. The average Bonchev–Trinajstić information content (AvgIpc) is 3.19. The third-order valence-corrected chi connectivity index (χ3v) is 4.96. The smallest absolute Gasteiger partial charge is 0.321 e. The number of likely N-dealkylation sites (tertiary alicyclic amines) is 1. The first-order chi connectivity index (χ1) is 13.2. The molecule has 6 heteroatoms. The molecule has 1 saturated heterocycles.